The van der Waals surface area contributed by atoms with Crippen LogP contribution in [0.3, 0.4) is 0 Å². The van der Waals surface area contributed by atoms with Gasteiger partial charge in [0.25, 0.3) is 11.8 Å². The molecule has 10 heteroatoms. The Morgan fingerprint density at radius 3 is 2.29 bits per heavy atom. The number of hydrogen-bond donors (Lipinski definition) is 1. The molecule has 1 fully saturated rings. The zero-order valence-corrected chi connectivity index (χ0v) is 19.3. The molecule has 0 spiro atoms. The second-order valence-corrected chi connectivity index (χ2v) is 7.83. The first-order valence-electron chi connectivity index (χ1n) is 10.9. The van der Waals surface area contributed by atoms with Crippen LogP contribution in [-0.2, 0) is 0 Å². The minimum Gasteiger partial charge on any atom is -0.493 e. The molecule has 0 saturated carbocycles. The number of pyridine rings is 1. The Balaban J connectivity index is 1.35. The number of anilines is 2. The molecule has 0 bridgehead atoms. The molecule has 3 aromatic rings. The molecule has 1 aliphatic rings. The maximum Gasteiger partial charge on any atom is 0.256 e. The van der Waals surface area contributed by atoms with E-state index in [0.29, 0.717) is 60.8 Å². The number of amides is 2. The zero-order chi connectivity index (χ0) is 24.9. The standard InChI is InChI=1S/C25H24F2N4O4/c1-34-21-7-3-16(13-22(21)35-2)24(32)29-18-5-8-23(28-15-18)30-9-11-31(12-10-30)25(33)19-6-4-17(26)14-20(19)27/h3-8,13-15H,9-12H2,1-2H3,(H,29,32). The van der Waals surface area contributed by atoms with Gasteiger partial charge in [0.1, 0.15) is 17.5 Å². The van der Waals surface area contributed by atoms with Crippen LogP contribution in [0.25, 0.3) is 0 Å². The van der Waals surface area contributed by atoms with E-state index in [4.69, 9.17) is 9.47 Å². The molecule has 1 aliphatic heterocycles. The highest BCUT2D eigenvalue weighted by atomic mass is 19.1. The summed E-state index contributed by atoms with van der Waals surface area (Å²) in [4.78, 5) is 33.1. The Bertz CT molecular complexity index is 1230. The summed E-state index contributed by atoms with van der Waals surface area (Å²) in [7, 11) is 3.02. The lowest BCUT2D eigenvalue weighted by Crippen LogP contribution is -2.49. The number of ether oxygens (including phenoxy) is 2. The molecule has 35 heavy (non-hydrogen) atoms. The molecule has 0 atom stereocenters. The fourth-order valence-electron chi connectivity index (χ4n) is 3.80. The molecule has 182 valence electrons. The van der Waals surface area contributed by atoms with E-state index >= 15 is 0 Å². The maximum absolute atomic E-state index is 14.0. The Kier molecular flexibility index (Phi) is 7.09. The van der Waals surface area contributed by atoms with Gasteiger partial charge in [-0.3, -0.25) is 9.59 Å². The third-order valence-electron chi connectivity index (χ3n) is 5.70. The molecule has 1 N–H and O–H groups in total. The summed E-state index contributed by atoms with van der Waals surface area (Å²) in [5, 5.41) is 2.80. The first-order chi connectivity index (χ1) is 16.9. The Morgan fingerprint density at radius 1 is 0.914 bits per heavy atom. The molecule has 0 unspecified atom stereocenters. The Labute approximate surface area is 201 Å². The number of halogens is 2. The van der Waals surface area contributed by atoms with E-state index in [0.717, 1.165) is 12.1 Å². The number of hydrogen-bond acceptors (Lipinski definition) is 6. The van der Waals surface area contributed by atoms with E-state index in [1.807, 2.05) is 4.90 Å². The first kappa shape index (κ1) is 23.9. The minimum absolute atomic E-state index is 0.146. The number of carbonyl (C=O) groups is 2. The monoisotopic (exact) mass is 482 g/mol. The average Bonchev–Trinajstić information content (AvgIpc) is 2.88. The second-order valence-electron chi connectivity index (χ2n) is 7.83. The highest BCUT2D eigenvalue weighted by molar-refractivity contribution is 6.04. The van der Waals surface area contributed by atoms with Crippen LogP contribution >= 0.6 is 0 Å². The van der Waals surface area contributed by atoms with E-state index in [1.165, 1.54) is 19.1 Å². The number of piperazine rings is 1. The van der Waals surface area contributed by atoms with E-state index in [-0.39, 0.29) is 11.5 Å². The van der Waals surface area contributed by atoms with Gasteiger partial charge in [0, 0.05) is 37.8 Å². The van der Waals surface area contributed by atoms with E-state index in [2.05, 4.69) is 10.3 Å². The smallest absolute Gasteiger partial charge is 0.256 e. The molecule has 0 radical (unpaired) electrons. The van der Waals surface area contributed by atoms with Crippen molar-refractivity contribution in [3.05, 3.63) is 77.5 Å². The summed E-state index contributed by atoms with van der Waals surface area (Å²) in [6, 6.07) is 11.3. The number of rotatable bonds is 6. The number of nitrogens with one attached hydrogen (secondary N) is 1. The molecule has 4 rings (SSSR count). The number of methoxy groups -OCH3 is 2. The molecular formula is C25H24F2N4O4. The van der Waals surface area contributed by atoms with Gasteiger partial charge in [0.05, 0.1) is 31.7 Å². The molecule has 2 amide bonds. The van der Waals surface area contributed by atoms with Gasteiger partial charge >= 0.3 is 0 Å². The zero-order valence-electron chi connectivity index (χ0n) is 19.3. The van der Waals surface area contributed by atoms with Crippen LogP contribution in [-0.4, -0.2) is 62.1 Å². The fourth-order valence-corrected chi connectivity index (χ4v) is 3.80. The normalized spacial score (nSPS) is 13.4. The summed E-state index contributed by atoms with van der Waals surface area (Å²) in [5.41, 5.74) is 0.784. The maximum atomic E-state index is 14.0. The van der Waals surface area contributed by atoms with Gasteiger partial charge in [0.15, 0.2) is 11.5 Å². The van der Waals surface area contributed by atoms with Gasteiger partial charge in [-0.2, -0.15) is 0 Å². The van der Waals surface area contributed by atoms with Crippen molar-refractivity contribution in [2.45, 2.75) is 0 Å². The average molecular weight is 482 g/mol. The van der Waals surface area contributed by atoms with Gasteiger partial charge in [-0.05, 0) is 42.5 Å². The van der Waals surface area contributed by atoms with Crippen LogP contribution in [0.5, 0.6) is 11.5 Å². The van der Waals surface area contributed by atoms with Crippen LogP contribution < -0.4 is 19.7 Å². The minimum atomic E-state index is -0.871. The van der Waals surface area contributed by atoms with Crippen molar-refractivity contribution >= 4 is 23.3 Å². The molecule has 8 nitrogen and oxygen atoms in total. The second kappa shape index (κ2) is 10.4. The predicted molar refractivity (Wildman–Crippen MR) is 126 cm³/mol. The Hall–Kier alpha value is -4.21. The molecule has 2 heterocycles. The highest BCUT2D eigenvalue weighted by Gasteiger charge is 2.25. The molecule has 0 aliphatic carbocycles. The van der Waals surface area contributed by atoms with Crippen molar-refractivity contribution in [1.29, 1.82) is 0 Å². The van der Waals surface area contributed by atoms with Crippen molar-refractivity contribution in [2.75, 3.05) is 50.6 Å². The summed E-state index contributed by atoms with van der Waals surface area (Å²) in [6.45, 7) is 1.74. The fraction of sp³-hybridized carbons (Fsp3) is 0.240. The van der Waals surface area contributed by atoms with Crippen molar-refractivity contribution in [1.82, 2.24) is 9.88 Å². The van der Waals surface area contributed by atoms with Gasteiger partial charge in [0.2, 0.25) is 0 Å². The largest absolute Gasteiger partial charge is 0.493 e. The van der Waals surface area contributed by atoms with Gasteiger partial charge < -0.3 is 24.6 Å². The van der Waals surface area contributed by atoms with Gasteiger partial charge in [-0.1, -0.05) is 0 Å². The third kappa shape index (κ3) is 5.32. The van der Waals surface area contributed by atoms with Gasteiger partial charge in [-0.15, -0.1) is 0 Å². The number of benzene rings is 2. The lowest BCUT2D eigenvalue weighted by molar-refractivity contribution is 0.0741. The first-order valence-corrected chi connectivity index (χ1v) is 10.9. The van der Waals surface area contributed by atoms with Crippen molar-refractivity contribution in [2.24, 2.45) is 0 Å². The molecule has 1 saturated heterocycles. The summed E-state index contributed by atoms with van der Waals surface area (Å²) in [5.74, 6) is -0.714. The Morgan fingerprint density at radius 2 is 1.66 bits per heavy atom. The van der Waals surface area contributed by atoms with E-state index < -0.39 is 17.5 Å². The molecule has 2 aromatic carbocycles. The summed E-state index contributed by atoms with van der Waals surface area (Å²) < 4.78 is 37.5. The lowest BCUT2D eigenvalue weighted by atomic mass is 10.1. The van der Waals surface area contributed by atoms with Crippen LogP contribution in [0, 0.1) is 11.6 Å². The third-order valence-corrected chi connectivity index (χ3v) is 5.70. The predicted octanol–water partition coefficient (Wildman–Crippen LogP) is 3.59. The van der Waals surface area contributed by atoms with Crippen LogP contribution in [0.1, 0.15) is 20.7 Å². The number of carbonyl (C=O) groups excluding carboxylic acids is 2. The van der Waals surface area contributed by atoms with Crippen molar-refractivity contribution in [3.8, 4) is 11.5 Å². The topological polar surface area (TPSA) is 84.0 Å². The number of nitrogens with zero attached hydrogens (tertiary/aromatic N) is 3. The van der Waals surface area contributed by atoms with Crippen LogP contribution in [0.15, 0.2) is 54.7 Å². The van der Waals surface area contributed by atoms with Crippen molar-refractivity contribution in [3.63, 3.8) is 0 Å². The van der Waals surface area contributed by atoms with E-state index in [1.54, 1.807) is 36.5 Å². The summed E-state index contributed by atoms with van der Waals surface area (Å²) >= 11 is 0. The van der Waals surface area contributed by atoms with Gasteiger partial charge in [-0.25, -0.2) is 13.8 Å². The summed E-state index contributed by atoms with van der Waals surface area (Å²) in [6.07, 6.45) is 1.55. The number of aromatic nitrogens is 1. The molecular weight excluding hydrogens is 458 g/mol. The lowest BCUT2D eigenvalue weighted by Gasteiger charge is -2.35. The van der Waals surface area contributed by atoms with Crippen molar-refractivity contribution < 1.29 is 27.8 Å². The quantitative estimate of drug-likeness (QED) is 0.578. The van der Waals surface area contributed by atoms with Crippen LogP contribution in [0.2, 0.25) is 0 Å². The SMILES string of the molecule is COc1ccc(C(=O)Nc2ccc(N3CCN(C(=O)c4ccc(F)cc4F)CC3)nc2)cc1OC. The molecule has 1 aromatic heterocycles. The van der Waals surface area contributed by atoms with E-state index in [9.17, 15) is 18.4 Å². The van der Waals surface area contributed by atoms with Crippen LogP contribution in [0.4, 0.5) is 20.3 Å². The highest BCUT2D eigenvalue weighted by Crippen LogP contribution is 2.28.